The Morgan fingerprint density at radius 2 is 1.38 bits per heavy atom. The zero-order valence-corrected chi connectivity index (χ0v) is 19.1. The SMILES string of the molecule is CC(N/C(Nc1cc(C(F)(F)F)cc(C(F)(F)F)c1)=C(\C#N)S(=O)(=O)C(C)C)C(C)(C)C. The maximum absolute atomic E-state index is 13.2. The number of allylic oxidation sites excluding steroid dienone is 1. The normalized spacial score (nSPS) is 15.1. The monoisotopic (exact) mass is 485 g/mol. The molecule has 180 valence electrons. The van der Waals surface area contributed by atoms with Gasteiger partial charge in [-0.05, 0) is 44.4 Å². The molecule has 0 aromatic heterocycles. The Morgan fingerprint density at radius 1 is 0.938 bits per heavy atom. The van der Waals surface area contributed by atoms with Crippen molar-refractivity contribution in [2.45, 2.75) is 65.2 Å². The highest BCUT2D eigenvalue weighted by molar-refractivity contribution is 7.96. The van der Waals surface area contributed by atoms with Crippen molar-refractivity contribution in [3.8, 4) is 6.07 Å². The molecule has 0 saturated heterocycles. The van der Waals surface area contributed by atoms with Crippen LogP contribution in [0.5, 0.6) is 0 Å². The number of anilines is 1. The van der Waals surface area contributed by atoms with E-state index in [1.807, 2.05) is 0 Å². The number of halogens is 6. The van der Waals surface area contributed by atoms with Crippen LogP contribution in [0.25, 0.3) is 0 Å². The predicted molar refractivity (Wildman–Crippen MR) is 109 cm³/mol. The summed E-state index contributed by atoms with van der Waals surface area (Å²) in [4.78, 5) is -0.824. The summed E-state index contributed by atoms with van der Waals surface area (Å²) in [5.41, 5.74) is -4.34. The first-order chi connectivity index (χ1) is 14.2. The molecule has 0 aliphatic rings. The number of rotatable bonds is 6. The summed E-state index contributed by atoms with van der Waals surface area (Å²) in [7, 11) is -4.23. The number of alkyl halides is 6. The van der Waals surface area contributed by atoms with Crippen LogP contribution >= 0.6 is 0 Å². The van der Waals surface area contributed by atoms with Gasteiger partial charge < -0.3 is 10.6 Å². The minimum absolute atomic E-state index is 0.0458. The van der Waals surface area contributed by atoms with Crippen LogP contribution in [0, 0.1) is 16.7 Å². The van der Waals surface area contributed by atoms with Crippen molar-refractivity contribution < 1.29 is 34.8 Å². The van der Waals surface area contributed by atoms with E-state index < -0.39 is 66.4 Å². The average molecular weight is 485 g/mol. The fraction of sp³-hybridized carbons (Fsp3) is 0.550. The molecule has 0 aliphatic carbocycles. The van der Waals surface area contributed by atoms with Gasteiger partial charge in [0.2, 0.25) is 0 Å². The van der Waals surface area contributed by atoms with E-state index in [4.69, 9.17) is 0 Å². The first-order valence-electron chi connectivity index (χ1n) is 9.42. The van der Waals surface area contributed by atoms with Crippen molar-refractivity contribution in [3.63, 3.8) is 0 Å². The van der Waals surface area contributed by atoms with Crippen molar-refractivity contribution in [1.82, 2.24) is 5.32 Å². The Kier molecular flexibility index (Phi) is 7.95. The summed E-state index contributed by atoms with van der Waals surface area (Å²) in [6.45, 7) is 9.55. The minimum atomic E-state index is -5.09. The van der Waals surface area contributed by atoms with E-state index in [2.05, 4.69) is 10.6 Å². The molecule has 1 aromatic rings. The molecule has 0 saturated carbocycles. The predicted octanol–water partition coefficient (Wildman–Crippen LogP) is 5.68. The number of nitrogens with one attached hydrogen (secondary N) is 2. The van der Waals surface area contributed by atoms with Crippen molar-refractivity contribution >= 4 is 15.5 Å². The van der Waals surface area contributed by atoms with Crippen LogP contribution in [0.3, 0.4) is 0 Å². The molecule has 32 heavy (non-hydrogen) atoms. The lowest BCUT2D eigenvalue weighted by Crippen LogP contribution is -2.40. The maximum atomic E-state index is 13.2. The lowest BCUT2D eigenvalue weighted by molar-refractivity contribution is -0.143. The van der Waals surface area contributed by atoms with Crippen molar-refractivity contribution in [3.05, 3.63) is 40.1 Å². The highest BCUT2D eigenvalue weighted by Crippen LogP contribution is 2.38. The molecule has 1 atom stereocenters. The van der Waals surface area contributed by atoms with Gasteiger partial charge in [-0.2, -0.15) is 31.6 Å². The van der Waals surface area contributed by atoms with E-state index in [1.165, 1.54) is 19.9 Å². The third kappa shape index (κ3) is 6.79. The van der Waals surface area contributed by atoms with Gasteiger partial charge in [-0.1, -0.05) is 20.8 Å². The van der Waals surface area contributed by atoms with Crippen molar-refractivity contribution in [2.24, 2.45) is 5.41 Å². The molecule has 0 bridgehead atoms. The number of nitriles is 1. The molecule has 1 aromatic carbocycles. The summed E-state index contributed by atoms with van der Waals surface area (Å²) in [6.07, 6.45) is -10.2. The number of hydrogen-bond donors (Lipinski definition) is 2. The summed E-state index contributed by atoms with van der Waals surface area (Å²) in [5.74, 6) is -0.504. The number of benzene rings is 1. The van der Waals surface area contributed by atoms with E-state index in [0.29, 0.717) is 12.1 Å². The van der Waals surface area contributed by atoms with Crippen LogP contribution in [-0.2, 0) is 22.2 Å². The second-order valence-electron chi connectivity index (χ2n) is 8.56. The third-order valence-electron chi connectivity index (χ3n) is 4.75. The molecule has 12 heteroatoms. The van der Waals surface area contributed by atoms with Crippen LogP contribution in [0.2, 0.25) is 0 Å². The standard InChI is InChI=1S/C20H25F6N3O2S/c1-11(2)32(30,31)16(10-27)17(28-12(3)18(4,5)6)29-15-8-13(19(21,22)23)7-14(9-15)20(24,25)26/h7-9,11-12,28-29H,1-6H3/b17-16-. The molecular weight excluding hydrogens is 460 g/mol. The third-order valence-corrected chi connectivity index (χ3v) is 6.86. The zero-order valence-electron chi connectivity index (χ0n) is 18.3. The molecule has 0 heterocycles. The highest BCUT2D eigenvalue weighted by atomic mass is 32.2. The summed E-state index contributed by atoms with van der Waals surface area (Å²) < 4.78 is 104. The molecule has 1 unspecified atom stereocenters. The largest absolute Gasteiger partial charge is 0.416 e. The van der Waals surface area contributed by atoms with Gasteiger partial charge in [-0.15, -0.1) is 0 Å². The van der Waals surface area contributed by atoms with Crippen LogP contribution in [0.15, 0.2) is 28.9 Å². The van der Waals surface area contributed by atoms with Crippen molar-refractivity contribution in [2.75, 3.05) is 5.32 Å². The van der Waals surface area contributed by atoms with Gasteiger partial charge in [0.05, 0.1) is 16.4 Å². The number of sulfone groups is 1. The Labute approximate surface area is 183 Å². The molecule has 2 N–H and O–H groups in total. The van der Waals surface area contributed by atoms with Gasteiger partial charge in [0.15, 0.2) is 14.7 Å². The highest BCUT2D eigenvalue weighted by Gasteiger charge is 2.37. The van der Waals surface area contributed by atoms with E-state index in [1.54, 1.807) is 27.7 Å². The Hall–Kier alpha value is -2.42. The molecular formula is C20H25F6N3O2S. The maximum Gasteiger partial charge on any atom is 0.416 e. The van der Waals surface area contributed by atoms with Gasteiger partial charge in [0, 0.05) is 11.7 Å². The van der Waals surface area contributed by atoms with Crippen LogP contribution in [-0.4, -0.2) is 19.7 Å². The summed E-state index contributed by atoms with van der Waals surface area (Å²) in [6, 6.07) is 1.77. The molecule has 5 nitrogen and oxygen atoms in total. The average Bonchev–Trinajstić information content (AvgIpc) is 2.59. The summed E-state index contributed by atoms with van der Waals surface area (Å²) in [5, 5.41) is 13.5. The number of hydrogen-bond acceptors (Lipinski definition) is 5. The van der Waals surface area contributed by atoms with Gasteiger partial charge in [0.25, 0.3) is 0 Å². The fourth-order valence-corrected chi connectivity index (χ4v) is 3.25. The Morgan fingerprint density at radius 3 is 1.69 bits per heavy atom. The molecule has 0 aliphatic heterocycles. The lowest BCUT2D eigenvalue weighted by Gasteiger charge is -2.31. The first kappa shape index (κ1) is 27.6. The molecule has 1 rings (SSSR count). The smallest absolute Gasteiger partial charge is 0.367 e. The van der Waals surface area contributed by atoms with Gasteiger partial charge in [-0.3, -0.25) is 0 Å². The van der Waals surface area contributed by atoms with Gasteiger partial charge in [0.1, 0.15) is 11.9 Å². The Bertz CT molecular complexity index is 981. The van der Waals surface area contributed by atoms with E-state index in [-0.39, 0.29) is 6.07 Å². The zero-order chi connectivity index (χ0) is 25.3. The molecule has 0 radical (unpaired) electrons. The van der Waals surface area contributed by atoms with Crippen molar-refractivity contribution in [1.29, 1.82) is 5.26 Å². The lowest BCUT2D eigenvalue weighted by atomic mass is 9.88. The molecule has 0 fully saturated rings. The van der Waals surface area contributed by atoms with E-state index in [9.17, 15) is 40.0 Å². The van der Waals surface area contributed by atoms with Gasteiger partial charge in [-0.25, -0.2) is 8.42 Å². The van der Waals surface area contributed by atoms with Crippen LogP contribution < -0.4 is 10.6 Å². The molecule has 0 spiro atoms. The second-order valence-corrected chi connectivity index (χ2v) is 11.0. The van der Waals surface area contributed by atoms with Gasteiger partial charge >= 0.3 is 12.4 Å². The minimum Gasteiger partial charge on any atom is -0.367 e. The second kappa shape index (κ2) is 9.21. The first-order valence-corrected chi connectivity index (χ1v) is 11.0. The van der Waals surface area contributed by atoms with E-state index in [0.717, 1.165) is 0 Å². The van der Waals surface area contributed by atoms with Crippen LogP contribution in [0.4, 0.5) is 32.0 Å². The van der Waals surface area contributed by atoms with E-state index >= 15 is 0 Å². The topological polar surface area (TPSA) is 82.0 Å². The Balaban J connectivity index is 3.79. The summed E-state index contributed by atoms with van der Waals surface area (Å²) >= 11 is 0. The fourth-order valence-electron chi connectivity index (χ4n) is 2.26. The molecule has 0 amide bonds. The quantitative estimate of drug-likeness (QED) is 0.401. The number of nitrogens with zero attached hydrogens (tertiary/aromatic N) is 1. The van der Waals surface area contributed by atoms with Crippen LogP contribution in [0.1, 0.15) is 52.7 Å².